The molecule has 6 heteroatoms. The van der Waals surface area contributed by atoms with Crippen molar-refractivity contribution in [3.63, 3.8) is 0 Å². The van der Waals surface area contributed by atoms with Gasteiger partial charge in [-0.05, 0) is 13.0 Å². The molecule has 2 aromatic rings. The van der Waals surface area contributed by atoms with Gasteiger partial charge in [0.25, 0.3) is 0 Å². The van der Waals surface area contributed by atoms with Gasteiger partial charge in [0.05, 0.1) is 16.4 Å². The zero-order valence-corrected chi connectivity index (χ0v) is 10.5. The third-order valence-corrected chi connectivity index (χ3v) is 2.65. The smallest absolute Gasteiger partial charge is 0.149 e. The second-order valence-corrected chi connectivity index (χ2v) is 4.29. The van der Waals surface area contributed by atoms with Gasteiger partial charge in [0.1, 0.15) is 5.82 Å². The molecule has 17 heavy (non-hydrogen) atoms. The van der Waals surface area contributed by atoms with Gasteiger partial charge in [0, 0.05) is 31.5 Å². The second-order valence-electron chi connectivity index (χ2n) is 3.86. The number of nitrogens with zero attached hydrogens (tertiary/aromatic N) is 3. The number of hydrogen-bond donors (Lipinski definition) is 2. The number of nitrogens with one attached hydrogen (secondary N) is 1. The predicted octanol–water partition coefficient (Wildman–Crippen LogP) is 1.97. The number of nitrogen functional groups attached to an aromatic ring is 1. The summed E-state index contributed by atoms with van der Waals surface area (Å²) in [5.74, 6) is 0.637. The Bertz CT molecular complexity index is 535. The SMILES string of the molecule is Cc1nn(C)cc1CNc1ncc(Cl)cc1N. The summed E-state index contributed by atoms with van der Waals surface area (Å²) >= 11 is 5.78. The number of aryl methyl sites for hydroxylation is 2. The van der Waals surface area contributed by atoms with Gasteiger partial charge in [-0.3, -0.25) is 4.68 Å². The summed E-state index contributed by atoms with van der Waals surface area (Å²) in [6.07, 6.45) is 3.53. The van der Waals surface area contributed by atoms with Crippen LogP contribution in [0.2, 0.25) is 5.02 Å². The molecule has 0 saturated heterocycles. The minimum Gasteiger partial charge on any atom is -0.396 e. The van der Waals surface area contributed by atoms with Crippen LogP contribution in [0.15, 0.2) is 18.5 Å². The number of halogens is 1. The van der Waals surface area contributed by atoms with E-state index >= 15 is 0 Å². The molecule has 0 fully saturated rings. The average Bonchev–Trinajstić information content (AvgIpc) is 2.56. The zero-order chi connectivity index (χ0) is 12.4. The van der Waals surface area contributed by atoms with Crippen LogP contribution in [0.3, 0.4) is 0 Å². The van der Waals surface area contributed by atoms with E-state index < -0.39 is 0 Å². The van der Waals surface area contributed by atoms with Crippen molar-refractivity contribution in [3.05, 3.63) is 34.7 Å². The lowest BCUT2D eigenvalue weighted by atomic mass is 10.2. The van der Waals surface area contributed by atoms with E-state index in [1.165, 1.54) is 0 Å². The summed E-state index contributed by atoms with van der Waals surface area (Å²) in [5, 5.41) is 7.96. The molecule has 0 aromatic carbocycles. The van der Waals surface area contributed by atoms with E-state index in [1.807, 2.05) is 20.2 Å². The van der Waals surface area contributed by atoms with Crippen LogP contribution in [-0.2, 0) is 13.6 Å². The van der Waals surface area contributed by atoms with Crippen LogP contribution in [0.4, 0.5) is 11.5 Å². The largest absolute Gasteiger partial charge is 0.396 e. The monoisotopic (exact) mass is 251 g/mol. The normalized spacial score (nSPS) is 10.5. The molecule has 2 heterocycles. The van der Waals surface area contributed by atoms with Crippen molar-refractivity contribution in [1.82, 2.24) is 14.8 Å². The van der Waals surface area contributed by atoms with Crippen molar-refractivity contribution in [2.45, 2.75) is 13.5 Å². The average molecular weight is 252 g/mol. The van der Waals surface area contributed by atoms with E-state index in [0.717, 1.165) is 11.3 Å². The fraction of sp³-hybridized carbons (Fsp3) is 0.273. The summed E-state index contributed by atoms with van der Waals surface area (Å²) in [5.41, 5.74) is 8.45. The number of hydrogen-bond acceptors (Lipinski definition) is 4. The molecule has 0 unspecified atom stereocenters. The van der Waals surface area contributed by atoms with Crippen LogP contribution in [0.1, 0.15) is 11.3 Å². The lowest BCUT2D eigenvalue weighted by Gasteiger charge is -2.07. The summed E-state index contributed by atoms with van der Waals surface area (Å²) in [6, 6.07) is 1.67. The number of pyridine rings is 1. The van der Waals surface area contributed by atoms with Crippen LogP contribution in [0.25, 0.3) is 0 Å². The lowest BCUT2D eigenvalue weighted by molar-refractivity contribution is 0.756. The van der Waals surface area contributed by atoms with E-state index in [9.17, 15) is 0 Å². The third-order valence-electron chi connectivity index (χ3n) is 2.45. The molecule has 0 bridgehead atoms. The first-order valence-electron chi connectivity index (χ1n) is 5.20. The minimum atomic E-state index is 0.533. The van der Waals surface area contributed by atoms with Crippen molar-refractivity contribution in [3.8, 4) is 0 Å². The molecule has 0 aliphatic rings. The Labute approximate surface area is 105 Å². The van der Waals surface area contributed by atoms with Crippen LogP contribution in [-0.4, -0.2) is 14.8 Å². The predicted molar refractivity (Wildman–Crippen MR) is 68.9 cm³/mol. The molecule has 0 radical (unpaired) electrons. The summed E-state index contributed by atoms with van der Waals surface area (Å²) in [4.78, 5) is 4.13. The van der Waals surface area contributed by atoms with Gasteiger partial charge < -0.3 is 11.1 Å². The molecule has 0 saturated carbocycles. The number of anilines is 2. The van der Waals surface area contributed by atoms with Gasteiger partial charge in [0.2, 0.25) is 0 Å². The first-order chi connectivity index (χ1) is 8.06. The van der Waals surface area contributed by atoms with Crippen molar-refractivity contribution in [2.75, 3.05) is 11.1 Å². The van der Waals surface area contributed by atoms with E-state index in [1.54, 1.807) is 16.9 Å². The van der Waals surface area contributed by atoms with E-state index in [4.69, 9.17) is 17.3 Å². The Morgan fingerprint density at radius 3 is 2.88 bits per heavy atom. The minimum absolute atomic E-state index is 0.533. The fourth-order valence-electron chi connectivity index (χ4n) is 1.60. The standard InChI is InChI=1S/C11H14ClN5/c1-7-8(6-17(2)16-7)4-14-11-10(13)3-9(12)5-15-11/h3,5-6H,4,13H2,1-2H3,(H,14,15). The molecule has 0 amide bonds. The quantitative estimate of drug-likeness (QED) is 0.875. The van der Waals surface area contributed by atoms with Gasteiger partial charge in [-0.1, -0.05) is 11.6 Å². The Hall–Kier alpha value is -1.75. The lowest BCUT2D eigenvalue weighted by Crippen LogP contribution is -2.04. The molecule has 3 N–H and O–H groups in total. The van der Waals surface area contributed by atoms with Crippen LogP contribution >= 0.6 is 11.6 Å². The summed E-state index contributed by atoms with van der Waals surface area (Å²) < 4.78 is 1.78. The highest BCUT2D eigenvalue weighted by atomic mass is 35.5. The Kier molecular flexibility index (Phi) is 3.19. The molecule has 0 spiro atoms. The number of aromatic nitrogens is 3. The highest BCUT2D eigenvalue weighted by Gasteiger charge is 2.05. The number of nitrogens with two attached hydrogens (primary N) is 1. The van der Waals surface area contributed by atoms with Crippen molar-refractivity contribution < 1.29 is 0 Å². The molecule has 5 nitrogen and oxygen atoms in total. The summed E-state index contributed by atoms with van der Waals surface area (Å²) in [6.45, 7) is 2.61. The Balaban J connectivity index is 2.10. The maximum atomic E-state index is 5.80. The molecular weight excluding hydrogens is 238 g/mol. The van der Waals surface area contributed by atoms with E-state index in [2.05, 4.69) is 15.4 Å². The maximum Gasteiger partial charge on any atom is 0.149 e. The van der Waals surface area contributed by atoms with Crippen LogP contribution in [0.5, 0.6) is 0 Å². The van der Waals surface area contributed by atoms with Crippen molar-refractivity contribution in [2.24, 2.45) is 7.05 Å². The Morgan fingerprint density at radius 1 is 1.53 bits per heavy atom. The number of rotatable bonds is 3. The molecule has 0 aliphatic carbocycles. The summed E-state index contributed by atoms with van der Waals surface area (Å²) in [7, 11) is 1.89. The fourth-order valence-corrected chi connectivity index (χ4v) is 1.77. The van der Waals surface area contributed by atoms with Gasteiger partial charge >= 0.3 is 0 Å². The van der Waals surface area contributed by atoms with Crippen molar-refractivity contribution in [1.29, 1.82) is 0 Å². The van der Waals surface area contributed by atoms with Gasteiger partial charge in [-0.25, -0.2) is 4.98 Å². The molecule has 90 valence electrons. The molecule has 0 atom stereocenters. The van der Waals surface area contributed by atoms with Crippen LogP contribution < -0.4 is 11.1 Å². The van der Waals surface area contributed by atoms with E-state index in [0.29, 0.717) is 23.1 Å². The molecule has 2 rings (SSSR count). The highest BCUT2D eigenvalue weighted by molar-refractivity contribution is 6.30. The molecule has 2 aromatic heterocycles. The highest BCUT2D eigenvalue weighted by Crippen LogP contribution is 2.20. The van der Waals surface area contributed by atoms with Gasteiger partial charge in [-0.15, -0.1) is 0 Å². The molecule has 0 aliphatic heterocycles. The Morgan fingerprint density at radius 2 is 2.29 bits per heavy atom. The van der Waals surface area contributed by atoms with Gasteiger partial charge in [0.15, 0.2) is 0 Å². The first-order valence-corrected chi connectivity index (χ1v) is 5.58. The first kappa shape index (κ1) is 11.7. The zero-order valence-electron chi connectivity index (χ0n) is 9.74. The maximum absolute atomic E-state index is 5.80. The topological polar surface area (TPSA) is 68.8 Å². The van der Waals surface area contributed by atoms with Gasteiger partial charge in [-0.2, -0.15) is 5.10 Å². The second kappa shape index (κ2) is 4.63. The van der Waals surface area contributed by atoms with E-state index in [-0.39, 0.29) is 0 Å². The molecular formula is C11H14ClN5. The third kappa shape index (κ3) is 2.68. The van der Waals surface area contributed by atoms with Crippen molar-refractivity contribution >= 4 is 23.1 Å². The van der Waals surface area contributed by atoms with Crippen LogP contribution in [0, 0.1) is 6.92 Å².